The van der Waals surface area contributed by atoms with Crippen LogP contribution < -0.4 is 5.73 Å². The number of hydrogen-bond donors (Lipinski definition) is 1. The maximum Gasteiger partial charge on any atom is 0.115 e. The molecule has 0 bridgehead atoms. The topological polar surface area (TPSA) is 55.0 Å². The second-order valence-electron chi connectivity index (χ2n) is 3.92. The van der Waals surface area contributed by atoms with Gasteiger partial charge in [-0.15, -0.1) is 0 Å². The van der Waals surface area contributed by atoms with Gasteiger partial charge in [-0.25, -0.2) is 9.97 Å². The Kier molecular flexibility index (Phi) is 2.74. The molecule has 1 aliphatic rings. The standard InChI is InChI=1S/C10H16N4/c1-14-5-3-8(11)6-10(14)9-2-4-12-7-13-9/h2,4,7-8,10H,3,5-6,11H2,1H3. The Bertz CT molecular complexity index is 287. The molecule has 1 aromatic rings. The van der Waals surface area contributed by atoms with E-state index in [9.17, 15) is 0 Å². The van der Waals surface area contributed by atoms with E-state index >= 15 is 0 Å². The Balaban J connectivity index is 2.16. The van der Waals surface area contributed by atoms with Crippen LogP contribution in [-0.2, 0) is 0 Å². The van der Waals surface area contributed by atoms with Crippen LogP contribution in [0.2, 0.25) is 0 Å². The third-order valence-corrected chi connectivity index (χ3v) is 2.86. The zero-order valence-corrected chi connectivity index (χ0v) is 8.43. The maximum atomic E-state index is 5.95. The molecule has 0 aromatic carbocycles. The monoisotopic (exact) mass is 192 g/mol. The number of hydrogen-bond acceptors (Lipinski definition) is 4. The molecule has 0 spiro atoms. The van der Waals surface area contributed by atoms with E-state index in [4.69, 9.17) is 5.73 Å². The molecule has 1 saturated heterocycles. The number of nitrogens with two attached hydrogens (primary N) is 1. The highest BCUT2D eigenvalue weighted by Gasteiger charge is 2.25. The van der Waals surface area contributed by atoms with Crippen LogP contribution in [0.1, 0.15) is 24.6 Å². The SMILES string of the molecule is CN1CCC(N)CC1c1ccncn1. The highest BCUT2D eigenvalue weighted by atomic mass is 15.2. The normalized spacial score (nSPS) is 29.0. The molecule has 2 atom stereocenters. The number of nitrogens with zero attached hydrogens (tertiary/aromatic N) is 3. The van der Waals surface area contributed by atoms with Gasteiger partial charge in [0.15, 0.2) is 0 Å². The molecule has 0 amide bonds. The van der Waals surface area contributed by atoms with Gasteiger partial charge in [-0.1, -0.05) is 0 Å². The first kappa shape index (κ1) is 9.55. The summed E-state index contributed by atoms with van der Waals surface area (Å²) in [6.45, 7) is 1.05. The van der Waals surface area contributed by atoms with Gasteiger partial charge in [0.25, 0.3) is 0 Å². The molecule has 0 saturated carbocycles. The van der Waals surface area contributed by atoms with E-state index < -0.39 is 0 Å². The van der Waals surface area contributed by atoms with Crippen molar-refractivity contribution in [1.82, 2.24) is 14.9 Å². The lowest BCUT2D eigenvalue weighted by Crippen LogP contribution is -2.40. The molecule has 0 radical (unpaired) electrons. The van der Waals surface area contributed by atoms with Gasteiger partial charge in [0.05, 0.1) is 11.7 Å². The van der Waals surface area contributed by atoms with Crippen molar-refractivity contribution >= 4 is 0 Å². The van der Waals surface area contributed by atoms with E-state index in [1.807, 2.05) is 6.07 Å². The first-order valence-corrected chi connectivity index (χ1v) is 4.99. The van der Waals surface area contributed by atoms with E-state index in [-0.39, 0.29) is 0 Å². The molecule has 14 heavy (non-hydrogen) atoms. The predicted molar refractivity (Wildman–Crippen MR) is 54.6 cm³/mol. The fourth-order valence-corrected chi connectivity index (χ4v) is 1.95. The first-order valence-electron chi connectivity index (χ1n) is 4.99. The Morgan fingerprint density at radius 3 is 3.14 bits per heavy atom. The van der Waals surface area contributed by atoms with Gasteiger partial charge in [-0.2, -0.15) is 0 Å². The van der Waals surface area contributed by atoms with Gasteiger partial charge in [-0.3, -0.25) is 4.90 Å². The van der Waals surface area contributed by atoms with Crippen molar-refractivity contribution in [1.29, 1.82) is 0 Å². The largest absolute Gasteiger partial charge is 0.328 e. The second-order valence-corrected chi connectivity index (χ2v) is 3.92. The van der Waals surface area contributed by atoms with E-state index in [1.165, 1.54) is 0 Å². The summed E-state index contributed by atoms with van der Waals surface area (Å²) in [5.41, 5.74) is 7.04. The number of aromatic nitrogens is 2. The van der Waals surface area contributed by atoms with Crippen LogP contribution >= 0.6 is 0 Å². The molecule has 1 aromatic heterocycles. The average Bonchev–Trinajstić information content (AvgIpc) is 2.23. The fraction of sp³-hybridized carbons (Fsp3) is 0.600. The van der Waals surface area contributed by atoms with Crippen molar-refractivity contribution in [3.63, 3.8) is 0 Å². The third kappa shape index (κ3) is 1.91. The van der Waals surface area contributed by atoms with E-state index in [1.54, 1.807) is 12.5 Å². The van der Waals surface area contributed by atoms with Crippen LogP contribution in [0, 0.1) is 0 Å². The van der Waals surface area contributed by atoms with Crippen LogP contribution in [-0.4, -0.2) is 34.5 Å². The minimum absolute atomic E-state index is 0.311. The molecule has 4 nitrogen and oxygen atoms in total. The third-order valence-electron chi connectivity index (χ3n) is 2.86. The second kappa shape index (κ2) is 4.02. The maximum absolute atomic E-state index is 5.95. The lowest BCUT2D eigenvalue weighted by atomic mass is 9.96. The zero-order chi connectivity index (χ0) is 9.97. The van der Waals surface area contributed by atoms with Gasteiger partial charge in [0, 0.05) is 12.2 Å². The van der Waals surface area contributed by atoms with Crippen molar-refractivity contribution < 1.29 is 0 Å². The van der Waals surface area contributed by atoms with Gasteiger partial charge >= 0.3 is 0 Å². The molecule has 0 aliphatic carbocycles. The summed E-state index contributed by atoms with van der Waals surface area (Å²) in [5, 5.41) is 0. The van der Waals surface area contributed by atoms with Crippen molar-refractivity contribution in [3.05, 3.63) is 24.3 Å². The summed E-state index contributed by atoms with van der Waals surface area (Å²) in [5.74, 6) is 0. The van der Waals surface area contributed by atoms with Gasteiger partial charge in [-0.05, 0) is 32.5 Å². The molecule has 1 aliphatic heterocycles. The Morgan fingerprint density at radius 1 is 1.57 bits per heavy atom. The quantitative estimate of drug-likeness (QED) is 0.707. The number of likely N-dealkylation sites (tertiary alicyclic amines) is 1. The minimum atomic E-state index is 0.311. The van der Waals surface area contributed by atoms with Crippen LogP contribution in [0.15, 0.2) is 18.6 Å². The first-order chi connectivity index (χ1) is 6.77. The van der Waals surface area contributed by atoms with E-state index in [0.29, 0.717) is 12.1 Å². The smallest absolute Gasteiger partial charge is 0.115 e. The summed E-state index contributed by atoms with van der Waals surface area (Å²) in [6, 6.07) is 2.65. The van der Waals surface area contributed by atoms with Crippen LogP contribution in [0.5, 0.6) is 0 Å². The van der Waals surface area contributed by atoms with Gasteiger partial charge in [0.2, 0.25) is 0 Å². The molecular formula is C10H16N4. The van der Waals surface area contributed by atoms with Crippen molar-refractivity contribution in [2.45, 2.75) is 24.9 Å². The molecule has 76 valence electrons. The highest BCUT2D eigenvalue weighted by molar-refractivity contribution is 5.06. The predicted octanol–water partition coefficient (Wildman–Crippen LogP) is 0.571. The summed E-state index contributed by atoms with van der Waals surface area (Å²) in [4.78, 5) is 10.5. The fourth-order valence-electron chi connectivity index (χ4n) is 1.95. The number of piperidine rings is 1. The van der Waals surface area contributed by atoms with Crippen molar-refractivity contribution in [2.75, 3.05) is 13.6 Å². The van der Waals surface area contributed by atoms with E-state index in [2.05, 4.69) is 21.9 Å². The molecule has 2 rings (SSSR count). The van der Waals surface area contributed by atoms with Crippen LogP contribution in [0.25, 0.3) is 0 Å². The zero-order valence-electron chi connectivity index (χ0n) is 8.43. The summed E-state index contributed by atoms with van der Waals surface area (Å²) in [7, 11) is 2.12. The molecule has 1 fully saturated rings. The van der Waals surface area contributed by atoms with Crippen molar-refractivity contribution in [3.8, 4) is 0 Å². The molecular weight excluding hydrogens is 176 g/mol. The molecule has 2 heterocycles. The molecule has 2 N–H and O–H groups in total. The number of rotatable bonds is 1. The van der Waals surface area contributed by atoms with E-state index in [0.717, 1.165) is 25.1 Å². The highest BCUT2D eigenvalue weighted by Crippen LogP contribution is 2.26. The Hall–Kier alpha value is -1.00. The van der Waals surface area contributed by atoms with Crippen molar-refractivity contribution in [2.24, 2.45) is 5.73 Å². The summed E-state index contributed by atoms with van der Waals surface area (Å²) < 4.78 is 0. The lowest BCUT2D eigenvalue weighted by molar-refractivity contribution is 0.168. The lowest BCUT2D eigenvalue weighted by Gasteiger charge is -2.35. The van der Waals surface area contributed by atoms with Gasteiger partial charge < -0.3 is 5.73 Å². The Morgan fingerprint density at radius 2 is 2.43 bits per heavy atom. The van der Waals surface area contributed by atoms with Crippen LogP contribution in [0.4, 0.5) is 0 Å². The minimum Gasteiger partial charge on any atom is -0.328 e. The summed E-state index contributed by atoms with van der Waals surface area (Å²) in [6.07, 6.45) is 5.46. The van der Waals surface area contributed by atoms with Crippen LogP contribution in [0.3, 0.4) is 0 Å². The van der Waals surface area contributed by atoms with Gasteiger partial charge in [0.1, 0.15) is 6.33 Å². The summed E-state index contributed by atoms with van der Waals surface area (Å²) >= 11 is 0. The Labute approximate surface area is 84.2 Å². The average molecular weight is 192 g/mol. The molecule has 2 unspecified atom stereocenters. The molecule has 4 heteroatoms.